The van der Waals surface area contributed by atoms with Gasteiger partial charge in [-0.05, 0) is 313 Å². The van der Waals surface area contributed by atoms with E-state index in [0.29, 0.717) is 104 Å². The molecule has 5 saturated heterocycles. The van der Waals surface area contributed by atoms with Gasteiger partial charge >= 0.3 is 30.3 Å². The molecule has 5 aliphatic heterocycles. The van der Waals surface area contributed by atoms with E-state index in [1.165, 1.54) is 24.0 Å². The van der Waals surface area contributed by atoms with Crippen molar-refractivity contribution in [3.63, 3.8) is 0 Å². The van der Waals surface area contributed by atoms with Gasteiger partial charge in [0.15, 0.2) is 17.3 Å². The van der Waals surface area contributed by atoms with Gasteiger partial charge in [-0.25, -0.2) is 24.0 Å². The maximum absolute atomic E-state index is 13.5. The standard InChI is InChI=1S/C36H45N3O5.C31H36N4O3.C26H29N3O.C19H27NO4/c1-34(2,3)43-32(41)38-30-15-14-27(28-9-8-18-37-24-28)21-29(30)22-31(40)26-12-10-25(11-13-26)23-36(7)16-19-39(20-17-36)33(42)44-35(4,5)6;1-31(10-13-34(14-11-31)30(37)35-15-17-38-18-16-35)21-23-4-6-24(7-5-23)29(36)20-27-19-25(8-9-28(27)32)26-3-2-12-33-22-26;1-26(10-13-28-14-11-26)17-19-4-6-20(7-5-19)25(30)16-23-15-21(8-9-24(23)27)22-3-2-12-29-18-22;1-18(2,3)24-17(23)20-11-9-19(4,10-12-20)13-14-5-7-15(8-6-14)16(21)22/h8-15,18,21,24H,16-17,19-20,22-23H2,1-7H3,(H,38,41);2-9,12,19,22H,10-11,13-18,20-21,32H2,1H3;2-9,12,15,18,28H,10-11,13-14,16-17,27H2,1H3;5-8H,9-13H2,1-4H3,(H,21,22). The van der Waals surface area contributed by atoms with Crippen LogP contribution in [0.25, 0.3) is 33.4 Å². The molecule has 0 saturated carbocycles. The number of carboxylic acids is 1. The number of nitrogen functional groups attached to an aromatic ring is 2. The number of benzene rings is 7. The number of anilines is 3. The molecule has 0 atom stereocenters. The number of amides is 5. The first-order chi connectivity index (χ1) is 64.6. The van der Waals surface area contributed by atoms with Crippen molar-refractivity contribution in [3.05, 3.63) is 286 Å². The number of carbonyl (C=O) groups excluding carboxylic acids is 7. The largest absolute Gasteiger partial charge is 0.478 e. The zero-order valence-corrected chi connectivity index (χ0v) is 81.6. The number of hydrogen-bond donors (Lipinski definition) is 5. The number of piperidine rings is 4. The molecule has 0 bridgehead atoms. The minimum Gasteiger partial charge on any atom is -0.478 e. The van der Waals surface area contributed by atoms with E-state index >= 15 is 0 Å². The number of aromatic nitrogens is 3. The van der Waals surface area contributed by atoms with E-state index in [4.69, 9.17) is 35.5 Å². The molecule has 7 aromatic carbocycles. The van der Waals surface area contributed by atoms with Gasteiger partial charge in [0.05, 0.1) is 18.8 Å². The number of nitrogens with two attached hydrogens (primary N) is 2. The highest BCUT2D eigenvalue weighted by Gasteiger charge is 2.38. The summed E-state index contributed by atoms with van der Waals surface area (Å²) in [4.78, 5) is 120. The molecule has 5 aliphatic rings. The van der Waals surface area contributed by atoms with Crippen LogP contribution in [0.5, 0.6) is 0 Å². The third-order valence-electron chi connectivity index (χ3n) is 26.2. The van der Waals surface area contributed by atoms with E-state index in [1.54, 1.807) is 73.6 Å². The van der Waals surface area contributed by atoms with Gasteiger partial charge in [0, 0.05) is 143 Å². The van der Waals surface area contributed by atoms with Crippen molar-refractivity contribution in [1.82, 2.24) is 39.9 Å². The molecule has 5 amide bonds. The lowest BCUT2D eigenvalue weighted by Crippen LogP contribution is -2.51. The maximum atomic E-state index is 13.5. The normalized spacial score (nSPS) is 16.2. The fraction of sp³-hybridized carbons (Fsp3) is 0.420. The van der Waals surface area contributed by atoms with Crippen LogP contribution in [0.3, 0.4) is 0 Å². The Balaban J connectivity index is 0.000000167. The Morgan fingerprint density at radius 1 is 0.382 bits per heavy atom. The SMILES string of the molecule is CC1(Cc2ccc(C(=O)Cc3cc(-c4cccnc4)ccc3N)cc2)CCN(C(=O)N2CCOCC2)CC1.CC1(Cc2ccc(C(=O)Cc3cc(-c4cccnc4)ccc3N)cc2)CCNCC1.CC1(Cc2ccc(C(=O)Cc3cc(-c4cccnc4)ccc3NC(=O)OC(C)(C)C)cc2)CCN(C(=O)OC(C)(C)C)CC1.CC1(Cc2ccc(C(=O)O)cc2)CCN(C(=O)OC(C)(C)C)CC1. The Kier molecular flexibility index (Phi) is 34.2. The molecule has 10 aromatic rings. The number of urea groups is 1. The lowest BCUT2D eigenvalue weighted by molar-refractivity contribution is 0.0108. The molecule has 0 unspecified atom stereocenters. The van der Waals surface area contributed by atoms with Crippen molar-refractivity contribution >= 4 is 64.7 Å². The number of rotatable bonds is 22. The van der Waals surface area contributed by atoms with Crippen molar-refractivity contribution in [2.45, 2.75) is 203 Å². The van der Waals surface area contributed by atoms with Crippen LogP contribution in [-0.2, 0) is 63.9 Å². The zero-order chi connectivity index (χ0) is 97.6. The van der Waals surface area contributed by atoms with Crippen molar-refractivity contribution in [2.75, 3.05) is 95.4 Å². The minimum atomic E-state index is -0.904. The summed E-state index contributed by atoms with van der Waals surface area (Å²) in [5.74, 6) is -0.820. The second kappa shape index (κ2) is 45.6. The average Bonchev–Trinajstić information content (AvgIpc) is 0.843. The summed E-state index contributed by atoms with van der Waals surface area (Å²) in [6.45, 7) is 34.9. The number of carbonyl (C=O) groups is 8. The third kappa shape index (κ3) is 30.5. The van der Waals surface area contributed by atoms with E-state index in [0.717, 1.165) is 152 Å². The van der Waals surface area contributed by atoms with Crippen LogP contribution in [-0.4, -0.2) is 183 Å². The Morgan fingerprint density at radius 2 is 0.691 bits per heavy atom. The Morgan fingerprint density at radius 3 is 1.02 bits per heavy atom. The summed E-state index contributed by atoms with van der Waals surface area (Å²) in [6, 6.07) is 60.0. The number of ether oxygens (including phenoxy) is 4. The van der Waals surface area contributed by atoms with Gasteiger partial charge < -0.3 is 60.4 Å². The van der Waals surface area contributed by atoms with E-state index in [9.17, 15) is 38.4 Å². The molecule has 8 heterocycles. The fourth-order valence-electron chi connectivity index (χ4n) is 18.0. The van der Waals surface area contributed by atoms with Crippen LogP contribution in [0.15, 0.2) is 225 Å². The number of ketones is 3. The molecule has 718 valence electrons. The van der Waals surface area contributed by atoms with Gasteiger partial charge in [-0.3, -0.25) is 34.7 Å². The summed E-state index contributed by atoms with van der Waals surface area (Å²) >= 11 is 0. The van der Waals surface area contributed by atoms with Crippen LogP contribution < -0.4 is 22.1 Å². The van der Waals surface area contributed by atoms with Gasteiger partial charge in [-0.2, -0.15) is 0 Å². The minimum absolute atomic E-state index is 0.0488. The molecule has 24 heteroatoms. The number of nitrogens with zero attached hydrogens (tertiary/aromatic N) is 7. The predicted octanol–water partition coefficient (Wildman–Crippen LogP) is 21.6. The van der Waals surface area contributed by atoms with Crippen molar-refractivity contribution in [2.24, 2.45) is 21.7 Å². The summed E-state index contributed by atoms with van der Waals surface area (Å²) in [5.41, 5.74) is 28.5. The first-order valence-electron chi connectivity index (χ1n) is 47.7. The number of pyridine rings is 3. The summed E-state index contributed by atoms with van der Waals surface area (Å²) in [5, 5.41) is 15.2. The second-order valence-corrected chi connectivity index (χ2v) is 41.4. The third-order valence-corrected chi connectivity index (χ3v) is 26.2. The van der Waals surface area contributed by atoms with Crippen LogP contribution in [0.2, 0.25) is 0 Å². The molecular formula is C112H137N11O13. The Bertz CT molecular complexity index is 5700. The molecule has 0 radical (unpaired) electrons. The predicted molar refractivity (Wildman–Crippen MR) is 537 cm³/mol. The molecular weight excluding hydrogens is 1710 g/mol. The van der Waals surface area contributed by atoms with Gasteiger partial charge in [0.1, 0.15) is 16.8 Å². The Labute approximate surface area is 802 Å². The van der Waals surface area contributed by atoms with Crippen LogP contribution in [0.1, 0.15) is 222 Å². The van der Waals surface area contributed by atoms with Crippen LogP contribution in [0, 0.1) is 21.7 Å². The number of aromatic carboxylic acids is 1. The highest BCUT2D eigenvalue weighted by atomic mass is 16.6. The highest BCUT2D eigenvalue weighted by Crippen LogP contribution is 2.41. The lowest BCUT2D eigenvalue weighted by Gasteiger charge is -2.42. The first-order valence-corrected chi connectivity index (χ1v) is 47.7. The smallest absolute Gasteiger partial charge is 0.412 e. The van der Waals surface area contributed by atoms with Gasteiger partial charge in [0.2, 0.25) is 0 Å². The molecule has 136 heavy (non-hydrogen) atoms. The molecule has 3 aromatic heterocycles. The Hall–Kier alpha value is -12.9. The summed E-state index contributed by atoms with van der Waals surface area (Å²) in [6.07, 6.45) is 21.8. The quantitative estimate of drug-likeness (QED) is 0.0239. The van der Waals surface area contributed by atoms with Crippen LogP contribution in [0.4, 0.5) is 36.2 Å². The van der Waals surface area contributed by atoms with Gasteiger partial charge in [-0.1, -0.05) is 149 Å². The second-order valence-electron chi connectivity index (χ2n) is 41.4. The fourth-order valence-corrected chi connectivity index (χ4v) is 18.0. The highest BCUT2D eigenvalue weighted by molar-refractivity contribution is 6.01. The molecule has 0 aliphatic carbocycles. The molecule has 5 fully saturated rings. The van der Waals surface area contributed by atoms with E-state index in [-0.39, 0.29) is 64.7 Å². The van der Waals surface area contributed by atoms with E-state index in [2.05, 4.69) is 77.5 Å². The molecule has 0 spiro atoms. The first kappa shape index (κ1) is 102. The van der Waals surface area contributed by atoms with Crippen molar-refractivity contribution < 1.29 is 62.4 Å². The maximum Gasteiger partial charge on any atom is 0.412 e. The summed E-state index contributed by atoms with van der Waals surface area (Å²) < 4.78 is 21.8. The van der Waals surface area contributed by atoms with Gasteiger partial charge in [0.25, 0.3) is 0 Å². The number of Topliss-reactive ketones (excluding diaryl/α,β-unsaturated/α-hetero) is 3. The number of carboxylic acid groups (broad SMARTS) is 1. The van der Waals surface area contributed by atoms with Crippen LogP contribution >= 0.6 is 0 Å². The summed E-state index contributed by atoms with van der Waals surface area (Å²) in [7, 11) is 0. The molecule has 24 nitrogen and oxygen atoms in total. The van der Waals surface area contributed by atoms with Crippen molar-refractivity contribution in [1.29, 1.82) is 0 Å². The molecule has 15 rings (SSSR count). The van der Waals surface area contributed by atoms with Crippen molar-refractivity contribution in [3.8, 4) is 33.4 Å². The number of nitrogens with one attached hydrogen (secondary N) is 2. The van der Waals surface area contributed by atoms with E-state index < -0.39 is 28.9 Å². The monoisotopic (exact) mass is 1840 g/mol. The lowest BCUT2D eigenvalue weighted by atomic mass is 9.75. The molecule has 7 N–H and O–H groups in total. The van der Waals surface area contributed by atoms with E-state index in [1.807, 2.05) is 209 Å². The number of likely N-dealkylation sites (tertiary alicyclic amines) is 3. The zero-order valence-electron chi connectivity index (χ0n) is 81.6. The number of morpholine rings is 1. The average molecular weight is 1850 g/mol. The van der Waals surface area contributed by atoms with Gasteiger partial charge in [-0.15, -0.1) is 0 Å². The number of hydrogen-bond acceptors (Lipinski definition) is 18. The topological polar surface area (TPSA) is 321 Å².